The second-order valence-electron chi connectivity index (χ2n) is 3.09. The summed E-state index contributed by atoms with van der Waals surface area (Å²) in [6.45, 7) is 5.41. The molecule has 1 heterocycles. The van der Waals surface area contributed by atoms with E-state index in [-0.39, 0.29) is 5.91 Å². The summed E-state index contributed by atoms with van der Waals surface area (Å²) in [7, 11) is 0. The average Bonchev–Trinajstić information content (AvgIpc) is 2.45. The van der Waals surface area contributed by atoms with Crippen LogP contribution in [0.3, 0.4) is 0 Å². The van der Waals surface area contributed by atoms with Crippen LogP contribution >= 0.6 is 0 Å². The van der Waals surface area contributed by atoms with Gasteiger partial charge in [0.15, 0.2) is 0 Å². The molecule has 1 rings (SSSR count). The van der Waals surface area contributed by atoms with Crippen LogP contribution < -0.4 is 10.6 Å². The van der Waals surface area contributed by atoms with Crippen molar-refractivity contribution in [3.05, 3.63) is 12.7 Å². The van der Waals surface area contributed by atoms with Crippen molar-refractivity contribution in [3.8, 4) is 0 Å². The van der Waals surface area contributed by atoms with Gasteiger partial charge < -0.3 is 10.6 Å². The topological polar surface area (TPSA) is 41.1 Å². The van der Waals surface area contributed by atoms with Crippen molar-refractivity contribution in [1.82, 2.24) is 10.6 Å². The van der Waals surface area contributed by atoms with Gasteiger partial charge in [0.1, 0.15) is 0 Å². The third kappa shape index (κ3) is 3.05. The van der Waals surface area contributed by atoms with Gasteiger partial charge in [0, 0.05) is 19.0 Å². The minimum Gasteiger partial charge on any atom is -0.354 e. The van der Waals surface area contributed by atoms with E-state index in [0.717, 1.165) is 25.9 Å². The molecule has 1 aliphatic rings. The molecule has 1 saturated heterocycles. The lowest BCUT2D eigenvalue weighted by Gasteiger charge is -2.08. The Morgan fingerprint density at radius 1 is 1.75 bits per heavy atom. The lowest BCUT2D eigenvalue weighted by Crippen LogP contribution is -2.31. The van der Waals surface area contributed by atoms with Gasteiger partial charge in [-0.05, 0) is 19.4 Å². The van der Waals surface area contributed by atoms with E-state index in [4.69, 9.17) is 0 Å². The first kappa shape index (κ1) is 9.26. The van der Waals surface area contributed by atoms with E-state index in [1.54, 1.807) is 0 Å². The highest BCUT2D eigenvalue weighted by atomic mass is 16.1. The molecule has 3 nitrogen and oxygen atoms in total. The van der Waals surface area contributed by atoms with Gasteiger partial charge in [-0.25, -0.2) is 0 Å². The molecule has 0 aromatic rings. The summed E-state index contributed by atoms with van der Waals surface area (Å²) >= 11 is 0. The van der Waals surface area contributed by atoms with Crippen LogP contribution in [0.1, 0.15) is 19.3 Å². The predicted molar refractivity (Wildman–Crippen MR) is 48.8 cm³/mol. The monoisotopic (exact) mass is 168 g/mol. The summed E-state index contributed by atoms with van der Waals surface area (Å²) in [5, 5.41) is 6.10. The van der Waals surface area contributed by atoms with E-state index >= 15 is 0 Å². The van der Waals surface area contributed by atoms with Crippen LogP contribution in [0.5, 0.6) is 0 Å². The van der Waals surface area contributed by atoms with Crippen LogP contribution in [0.25, 0.3) is 0 Å². The zero-order valence-corrected chi connectivity index (χ0v) is 7.31. The number of allylic oxidation sites excluding steroid dienone is 1. The van der Waals surface area contributed by atoms with E-state index in [2.05, 4.69) is 17.2 Å². The van der Waals surface area contributed by atoms with E-state index < -0.39 is 0 Å². The molecule has 1 fully saturated rings. The number of carbonyl (C=O) groups is 1. The van der Waals surface area contributed by atoms with Gasteiger partial charge in [0.05, 0.1) is 0 Å². The normalized spacial score (nSPS) is 22.3. The lowest BCUT2D eigenvalue weighted by molar-refractivity contribution is -0.119. The Hall–Kier alpha value is -0.830. The van der Waals surface area contributed by atoms with Gasteiger partial charge >= 0.3 is 0 Å². The van der Waals surface area contributed by atoms with Gasteiger partial charge in [-0.1, -0.05) is 6.08 Å². The SMILES string of the molecule is C=CCCCNC1CNC(=O)C1. The molecule has 3 heteroatoms. The van der Waals surface area contributed by atoms with Crippen molar-refractivity contribution in [2.24, 2.45) is 0 Å². The molecule has 1 unspecified atom stereocenters. The van der Waals surface area contributed by atoms with Crippen LogP contribution in [0, 0.1) is 0 Å². The number of hydrogen-bond acceptors (Lipinski definition) is 2. The maximum atomic E-state index is 10.8. The summed E-state index contributed by atoms with van der Waals surface area (Å²) in [5.74, 6) is 0.163. The fourth-order valence-corrected chi connectivity index (χ4v) is 1.30. The van der Waals surface area contributed by atoms with Crippen molar-refractivity contribution < 1.29 is 4.79 Å². The van der Waals surface area contributed by atoms with Crippen LogP contribution in [-0.2, 0) is 4.79 Å². The summed E-state index contributed by atoms with van der Waals surface area (Å²) in [6, 6.07) is 0.349. The van der Waals surface area contributed by atoms with Crippen molar-refractivity contribution in [1.29, 1.82) is 0 Å². The second-order valence-corrected chi connectivity index (χ2v) is 3.09. The Morgan fingerprint density at radius 3 is 3.17 bits per heavy atom. The maximum absolute atomic E-state index is 10.8. The Bertz CT molecular complexity index is 168. The van der Waals surface area contributed by atoms with Crippen molar-refractivity contribution in [2.45, 2.75) is 25.3 Å². The summed E-state index contributed by atoms with van der Waals surface area (Å²) in [5.41, 5.74) is 0. The fraction of sp³-hybridized carbons (Fsp3) is 0.667. The van der Waals surface area contributed by atoms with Crippen molar-refractivity contribution in [2.75, 3.05) is 13.1 Å². The first-order valence-electron chi connectivity index (χ1n) is 4.44. The van der Waals surface area contributed by atoms with Gasteiger partial charge in [-0.15, -0.1) is 6.58 Å². The van der Waals surface area contributed by atoms with Gasteiger partial charge in [0.2, 0.25) is 5.91 Å². The highest BCUT2D eigenvalue weighted by Gasteiger charge is 2.19. The standard InChI is InChI=1S/C9H16N2O/c1-2-3-4-5-10-8-6-9(12)11-7-8/h2,8,10H,1,3-7H2,(H,11,12). The molecule has 1 amide bonds. The van der Waals surface area contributed by atoms with Crippen LogP contribution in [0.15, 0.2) is 12.7 Å². The largest absolute Gasteiger partial charge is 0.354 e. The third-order valence-electron chi connectivity index (χ3n) is 2.00. The molecule has 68 valence electrons. The second kappa shape index (κ2) is 4.93. The highest BCUT2D eigenvalue weighted by molar-refractivity contribution is 5.78. The Morgan fingerprint density at radius 2 is 2.58 bits per heavy atom. The minimum atomic E-state index is 0.163. The van der Waals surface area contributed by atoms with E-state index in [1.165, 1.54) is 0 Å². The Labute approximate surface area is 73.2 Å². The predicted octanol–water partition coefficient (Wildman–Crippen LogP) is 0.431. The third-order valence-corrected chi connectivity index (χ3v) is 2.00. The number of rotatable bonds is 5. The molecule has 0 radical (unpaired) electrons. The molecule has 1 aliphatic heterocycles. The number of unbranched alkanes of at least 4 members (excludes halogenated alkanes) is 1. The van der Waals surface area contributed by atoms with Gasteiger partial charge in [0.25, 0.3) is 0 Å². The maximum Gasteiger partial charge on any atom is 0.221 e. The molecule has 12 heavy (non-hydrogen) atoms. The van der Waals surface area contributed by atoms with Gasteiger partial charge in [-0.3, -0.25) is 4.79 Å². The first-order chi connectivity index (χ1) is 5.83. The number of amides is 1. The summed E-state index contributed by atoms with van der Waals surface area (Å²) < 4.78 is 0. The minimum absolute atomic E-state index is 0.163. The quantitative estimate of drug-likeness (QED) is 0.462. The molecule has 0 aromatic carbocycles. The Kier molecular flexibility index (Phi) is 3.80. The lowest BCUT2D eigenvalue weighted by atomic mass is 10.2. The summed E-state index contributed by atoms with van der Waals surface area (Å²) in [4.78, 5) is 10.8. The smallest absolute Gasteiger partial charge is 0.221 e. The first-order valence-corrected chi connectivity index (χ1v) is 4.44. The average molecular weight is 168 g/mol. The van der Waals surface area contributed by atoms with E-state index in [1.807, 2.05) is 6.08 Å². The molecule has 0 aromatic heterocycles. The molecule has 0 bridgehead atoms. The van der Waals surface area contributed by atoms with E-state index in [0.29, 0.717) is 12.5 Å². The fourth-order valence-electron chi connectivity index (χ4n) is 1.30. The zero-order chi connectivity index (χ0) is 8.81. The van der Waals surface area contributed by atoms with Crippen LogP contribution in [-0.4, -0.2) is 25.0 Å². The molecule has 2 N–H and O–H groups in total. The molecule has 0 aliphatic carbocycles. The van der Waals surface area contributed by atoms with E-state index in [9.17, 15) is 4.79 Å². The molecule has 0 saturated carbocycles. The Balaban J connectivity index is 2.00. The molecule has 1 atom stereocenters. The van der Waals surface area contributed by atoms with Crippen molar-refractivity contribution in [3.63, 3.8) is 0 Å². The number of carbonyl (C=O) groups excluding carboxylic acids is 1. The number of hydrogen-bond donors (Lipinski definition) is 2. The van der Waals surface area contributed by atoms with Crippen molar-refractivity contribution >= 4 is 5.91 Å². The number of nitrogens with one attached hydrogen (secondary N) is 2. The molecular weight excluding hydrogens is 152 g/mol. The highest BCUT2D eigenvalue weighted by Crippen LogP contribution is 1.99. The van der Waals surface area contributed by atoms with Crippen LogP contribution in [0.4, 0.5) is 0 Å². The molecular formula is C9H16N2O. The summed E-state index contributed by atoms with van der Waals surface area (Å²) in [6.07, 6.45) is 4.70. The van der Waals surface area contributed by atoms with Crippen LogP contribution in [0.2, 0.25) is 0 Å². The van der Waals surface area contributed by atoms with Gasteiger partial charge in [-0.2, -0.15) is 0 Å². The molecule has 0 spiro atoms. The zero-order valence-electron chi connectivity index (χ0n) is 7.31.